The molecule has 0 unspecified atom stereocenters. The lowest BCUT2D eigenvalue weighted by Crippen LogP contribution is -2.20. The molecule has 1 saturated heterocycles. The van der Waals surface area contributed by atoms with Crippen molar-refractivity contribution in [3.05, 3.63) is 17.5 Å². The number of nitrogens with two attached hydrogens (primary N) is 1. The van der Waals surface area contributed by atoms with Gasteiger partial charge < -0.3 is 21.1 Å². The second kappa shape index (κ2) is 6.37. The molecule has 9 heteroatoms. The van der Waals surface area contributed by atoms with E-state index in [1.807, 2.05) is 4.68 Å². The highest BCUT2D eigenvalue weighted by Crippen LogP contribution is 2.30. The second-order valence-electron chi connectivity index (χ2n) is 5.01. The Morgan fingerprint density at radius 2 is 2.14 bits per heavy atom. The Morgan fingerprint density at radius 3 is 2.86 bits per heavy atom. The van der Waals surface area contributed by atoms with Gasteiger partial charge in [-0.15, -0.1) is 0 Å². The lowest BCUT2D eigenvalue weighted by Gasteiger charge is -2.23. The number of hydrogen-bond donors (Lipinski definition) is 3. The van der Waals surface area contributed by atoms with Crippen molar-refractivity contribution in [2.45, 2.75) is 18.9 Å². The van der Waals surface area contributed by atoms with Gasteiger partial charge in [-0.05, 0) is 12.8 Å². The first kappa shape index (κ1) is 14.9. The number of anilines is 4. The zero-order chi connectivity index (χ0) is 15.5. The third-order valence-corrected chi connectivity index (χ3v) is 3.95. The van der Waals surface area contributed by atoms with Gasteiger partial charge in [0.05, 0.1) is 29.8 Å². The van der Waals surface area contributed by atoms with Crippen LogP contribution in [0.3, 0.4) is 0 Å². The quantitative estimate of drug-likeness (QED) is 0.791. The monoisotopic (exact) mass is 323 g/mol. The van der Waals surface area contributed by atoms with Gasteiger partial charge in [0, 0.05) is 20.3 Å². The Hall–Kier alpha value is -2.06. The minimum atomic E-state index is 0.261. The minimum absolute atomic E-state index is 0.261. The van der Waals surface area contributed by atoms with Crippen molar-refractivity contribution >= 4 is 34.7 Å². The molecule has 1 aliphatic rings. The van der Waals surface area contributed by atoms with E-state index in [2.05, 4.69) is 25.7 Å². The summed E-state index contributed by atoms with van der Waals surface area (Å²) < 4.78 is 7.18. The Bertz CT molecular complexity index is 654. The molecule has 1 aliphatic heterocycles. The van der Waals surface area contributed by atoms with Gasteiger partial charge in [-0.1, -0.05) is 11.6 Å². The number of nitrogens with zero attached hydrogens (tertiary/aromatic N) is 4. The SMILES string of the molecule is CNc1nc(Nc2cnn(C3CCOCC3)c2Cl)ncc1N. The lowest BCUT2D eigenvalue weighted by atomic mass is 10.1. The highest BCUT2D eigenvalue weighted by atomic mass is 35.5. The largest absolute Gasteiger partial charge is 0.394 e. The average Bonchev–Trinajstić information content (AvgIpc) is 2.91. The van der Waals surface area contributed by atoms with E-state index < -0.39 is 0 Å². The fraction of sp³-hybridized carbons (Fsp3) is 0.462. The molecular formula is C13H18ClN7O. The van der Waals surface area contributed by atoms with Crippen molar-refractivity contribution in [1.82, 2.24) is 19.7 Å². The van der Waals surface area contributed by atoms with Crippen LogP contribution in [0.4, 0.5) is 23.1 Å². The zero-order valence-corrected chi connectivity index (χ0v) is 13.0. The fourth-order valence-corrected chi connectivity index (χ4v) is 2.67. The summed E-state index contributed by atoms with van der Waals surface area (Å²) in [5.41, 5.74) is 6.91. The van der Waals surface area contributed by atoms with E-state index in [4.69, 9.17) is 22.1 Å². The molecule has 8 nitrogen and oxygen atoms in total. The van der Waals surface area contributed by atoms with Gasteiger partial charge in [0.15, 0.2) is 11.0 Å². The van der Waals surface area contributed by atoms with Gasteiger partial charge in [0.25, 0.3) is 0 Å². The Labute approximate surface area is 133 Å². The van der Waals surface area contributed by atoms with Crippen molar-refractivity contribution in [3.63, 3.8) is 0 Å². The van der Waals surface area contributed by atoms with Crippen LogP contribution in [0.25, 0.3) is 0 Å². The highest BCUT2D eigenvalue weighted by Gasteiger charge is 2.20. The van der Waals surface area contributed by atoms with E-state index in [1.165, 1.54) is 6.20 Å². The molecule has 0 bridgehead atoms. The molecule has 3 heterocycles. The first-order valence-corrected chi connectivity index (χ1v) is 7.45. The van der Waals surface area contributed by atoms with E-state index in [0.717, 1.165) is 26.1 Å². The molecule has 2 aromatic rings. The summed E-state index contributed by atoms with van der Waals surface area (Å²) in [5.74, 6) is 0.970. The molecule has 0 radical (unpaired) electrons. The van der Waals surface area contributed by atoms with Crippen molar-refractivity contribution < 1.29 is 4.74 Å². The van der Waals surface area contributed by atoms with Crippen molar-refractivity contribution in [1.29, 1.82) is 0 Å². The van der Waals surface area contributed by atoms with E-state index in [-0.39, 0.29) is 6.04 Å². The molecule has 0 aliphatic carbocycles. The predicted octanol–water partition coefficient (Wildman–Crippen LogP) is 2.05. The van der Waals surface area contributed by atoms with Crippen LogP contribution in [0.2, 0.25) is 5.15 Å². The Morgan fingerprint density at radius 1 is 1.36 bits per heavy atom. The molecule has 0 saturated carbocycles. The van der Waals surface area contributed by atoms with Gasteiger partial charge in [-0.25, -0.2) is 9.67 Å². The minimum Gasteiger partial charge on any atom is -0.394 e. The first-order valence-electron chi connectivity index (χ1n) is 7.07. The van der Waals surface area contributed by atoms with Gasteiger partial charge in [-0.3, -0.25) is 0 Å². The van der Waals surface area contributed by atoms with Gasteiger partial charge in [-0.2, -0.15) is 10.1 Å². The summed E-state index contributed by atoms with van der Waals surface area (Å²) in [6.07, 6.45) is 5.03. The smallest absolute Gasteiger partial charge is 0.229 e. The van der Waals surface area contributed by atoms with Gasteiger partial charge in [0.2, 0.25) is 5.95 Å². The van der Waals surface area contributed by atoms with E-state index in [1.54, 1.807) is 13.2 Å². The third kappa shape index (κ3) is 2.93. The normalized spacial score (nSPS) is 15.7. The van der Waals surface area contributed by atoms with E-state index >= 15 is 0 Å². The summed E-state index contributed by atoms with van der Waals surface area (Å²) in [6.45, 7) is 1.46. The average molecular weight is 324 g/mol. The molecule has 22 heavy (non-hydrogen) atoms. The molecule has 4 N–H and O–H groups in total. The van der Waals surface area contributed by atoms with Crippen LogP contribution in [-0.4, -0.2) is 40.0 Å². The van der Waals surface area contributed by atoms with Gasteiger partial charge in [0.1, 0.15) is 0 Å². The van der Waals surface area contributed by atoms with Crippen LogP contribution in [0.5, 0.6) is 0 Å². The number of nitrogen functional groups attached to an aromatic ring is 1. The summed E-state index contributed by atoms with van der Waals surface area (Å²) in [4.78, 5) is 8.42. The molecule has 3 rings (SSSR count). The maximum atomic E-state index is 6.41. The number of halogens is 1. The van der Waals surface area contributed by atoms with E-state index in [0.29, 0.717) is 28.3 Å². The molecule has 0 atom stereocenters. The molecule has 0 spiro atoms. The van der Waals surface area contributed by atoms with Crippen LogP contribution in [0.15, 0.2) is 12.4 Å². The molecule has 2 aromatic heterocycles. The third-order valence-electron chi connectivity index (χ3n) is 3.57. The topological polar surface area (TPSA) is 103 Å². The van der Waals surface area contributed by atoms with Crippen LogP contribution >= 0.6 is 11.6 Å². The highest BCUT2D eigenvalue weighted by molar-refractivity contribution is 6.32. The fourth-order valence-electron chi connectivity index (χ4n) is 2.39. The molecule has 0 aromatic carbocycles. The number of aromatic nitrogens is 4. The zero-order valence-electron chi connectivity index (χ0n) is 12.2. The van der Waals surface area contributed by atoms with Crippen molar-refractivity contribution in [2.75, 3.05) is 36.6 Å². The van der Waals surface area contributed by atoms with E-state index in [9.17, 15) is 0 Å². The van der Waals surface area contributed by atoms with Crippen molar-refractivity contribution in [2.24, 2.45) is 0 Å². The molecular weight excluding hydrogens is 306 g/mol. The maximum Gasteiger partial charge on any atom is 0.229 e. The van der Waals surface area contributed by atoms with Crippen LogP contribution in [0, 0.1) is 0 Å². The Kier molecular flexibility index (Phi) is 4.30. The Balaban J connectivity index is 1.79. The summed E-state index contributed by atoms with van der Waals surface area (Å²) in [5, 5.41) is 10.9. The number of ether oxygens (including phenoxy) is 1. The van der Waals surface area contributed by atoms with Crippen molar-refractivity contribution in [3.8, 4) is 0 Å². The summed E-state index contributed by atoms with van der Waals surface area (Å²) >= 11 is 6.41. The number of rotatable bonds is 4. The second-order valence-corrected chi connectivity index (χ2v) is 5.37. The summed E-state index contributed by atoms with van der Waals surface area (Å²) in [7, 11) is 1.75. The van der Waals surface area contributed by atoms with Crippen LogP contribution < -0.4 is 16.4 Å². The molecule has 1 fully saturated rings. The maximum absolute atomic E-state index is 6.41. The number of hydrogen-bond acceptors (Lipinski definition) is 7. The van der Waals surface area contributed by atoms with Crippen LogP contribution in [-0.2, 0) is 4.74 Å². The lowest BCUT2D eigenvalue weighted by molar-refractivity contribution is 0.0663. The summed E-state index contributed by atoms with van der Waals surface area (Å²) in [6, 6.07) is 0.261. The number of nitrogens with one attached hydrogen (secondary N) is 2. The molecule has 0 amide bonds. The molecule has 118 valence electrons. The predicted molar refractivity (Wildman–Crippen MR) is 85.6 cm³/mol. The first-order chi connectivity index (χ1) is 10.7. The standard InChI is InChI=1S/C13H18ClN7O/c1-16-12-9(15)6-17-13(20-12)19-10-7-18-21(11(10)14)8-2-4-22-5-3-8/h6-8H,2-5,15H2,1H3,(H2,16,17,19,20). The van der Waals surface area contributed by atoms with Crippen LogP contribution in [0.1, 0.15) is 18.9 Å². The van der Waals surface area contributed by atoms with Gasteiger partial charge >= 0.3 is 0 Å².